The molecule has 0 radical (unpaired) electrons. The third-order valence-electron chi connectivity index (χ3n) is 3.80. The second-order valence-electron chi connectivity index (χ2n) is 5.44. The van der Waals surface area contributed by atoms with E-state index in [1.54, 1.807) is 0 Å². The van der Waals surface area contributed by atoms with Gasteiger partial charge in [-0.25, -0.2) is 8.78 Å². The quantitative estimate of drug-likeness (QED) is 0.826. The summed E-state index contributed by atoms with van der Waals surface area (Å²) in [6, 6.07) is 3.58. The summed E-state index contributed by atoms with van der Waals surface area (Å²) in [7, 11) is 0. The number of nitrogens with one attached hydrogen (secondary N) is 1. The van der Waals surface area contributed by atoms with Crippen molar-refractivity contribution in [1.82, 2.24) is 10.2 Å². The molecule has 2 rings (SSSR count). The zero-order valence-electron chi connectivity index (χ0n) is 11.5. The van der Waals surface area contributed by atoms with Gasteiger partial charge in [-0.05, 0) is 50.0 Å². The third kappa shape index (κ3) is 4.55. The fraction of sp³-hybridized carbons (Fsp3) is 0.600. The molecule has 1 heterocycles. The summed E-state index contributed by atoms with van der Waals surface area (Å²) < 4.78 is 26.4. The van der Waals surface area contributed by atoms with Gasteiger partial charge in [0.05, 0.1) is 0 Å². The first kappa shape index (κ1) is 14.4. The van der Waals surface area contributed by atoms with E-state index in [1.807, 2.05) is 0 Å². The molecule has 1 aromatic carbocycles. The van der Waals surface area contributed by atoms with Gasteiger partial charge in [-0.15, -0.1) is 0 Å². The molecule has 0 atom stereocenters. The largest absolute Gasteiger partial charge is 0.311 e. The second-order valence-corrected chi connectivity index (χ2v) is 5.44. The number of hydrogen-bond acceptors (Lipinski definition) is 2. The molecule has 0 aliphatic carbocycles. The van der Waals surface area contributed by atoms with Crippen molar-refractivity contribution < 1.29 is 8.78 Å². The van der Waals surface area contributed by atoms with Crippen molar-refractivity contribution in [2.75, 3.05) is 26.2 Å². The van der Waals surface area contributed by atoms with Gasteiger partial charge in [0.25, 0.3) is 0 Å². The number of rotatable bonds is 5. The summed E-state index contributed by atoms with van der Waals surface area (Å²) in [5, 5.41) is 3.18. The molecule has 2 nitrogen and oxygen atoms in total. The smallest absolute Gasteiger partial charge is 0.127 e. The predicted octanol–water partition coefficient (Wildman–Crippen LogP) is 2.79. The number of hydrogen-bond donors (Lipinski definition) is 1. The SMILES string of the molecule is CC1CCN(CCNCc2cc(F)ccc2F)CC1. The summed E-state index contributed by atoms with van der Waals surface area (Å²) in [5.41, 5.74) is 0.396. The van der Waals surface area contributed by atoms with Crippen molar-refractivity contribution in [2.24, 2.45) is 5.92 Å². The van der Waals surface area contributed by atoms with Crippen molar-refractivity contribution in [3.05, 3.63) is 35.4 Å². The zero-order valence-corrected chi connectivity index (χ0v) is 11.5. The first-order valence-corrected chi connectivity index (χ1v) is 7.02. The lowest BCUT2D eigenvalue weighted by atomic mass is 9.99. The van der Waals surface area contributed by atoms with Gasteiger partial charge in [-0.2, -0.15) is 0 Å². The van der Waals surface area contributed by atoms with Crippen LogP contribution in [0, 0.1) is 17.6 Å². The molecule has 0 aromatic heterocycles. The maximum atomic E-state index is 13.4. The zero-order chi connectivity index (χ0) is 13.7. The summed E-state index contributed by atoms with van der Waals surface area (Å²) in [6.07, 6.45) is 2.52. The average Bonchev–Trinajstić information content (AvgIpc) is 2.40. The topological polar surface area (TPSA) is 15.3 Å². The summed E-state index contributed by atoms with van der Waals surface area (Å²) in [4.78, 5) is 2.43. The molecule has 106 valence electrons. The van der Waals surface area contributed by atoms with E-state index in [-0.39, 0.29) is 11.6 Å². The van der Waals surface area contributed by atoms with Crippen LogP contribution in [0.25, 0.3) is 0 Å². The summed E-state index contributed by atoms with van der Waals surface area (Å²) in [5.74, 6) is 0.106. The molecule has 1 aliphatic heterocycles. The molecule has 1 aliphatic rings. The van der Waals surface area contributed by atoms with Crippen molar-refractivity contribution in [3.63, 3.8) is 0 Å². The Kier molecular flexibility index (Phi) is 5.28. The Morgan fingerprint density at radius 1 is 1.26 bits per heavy atom. The van der Waals surface area contributed by atoms with Gasteiger partial charge in [-0.1, -0.05) is 6.92 Å². The average molecular weight is 268 g/mol. The van der Waals surface area contributed by atoms with Crippen LogP contribution >= 0.6 is 0 Å². The highest BCUT2D eigenvalue weighted by molar-refractivity contribution is 5.18. The third-order valence-corrected chi connectivity index (χ3v) is 3.80. The number of halogens is 2. The Labute approximate surface area is 113 Å². The molecule has 0 unspecified atom stereocenters. The molecular formula is C15H22F2N2. The van der Waals surface area contributed by atoms with Crippen LogP contribution in [0.1, 0.15) is 25.3 Å². The van der Waals surface area contributed by atoms with Crippen LogP contribution in [0.4, 0.5) is 8.78 Å². The number of piperidine rings is 1. The molecule has 1 aromatic rings. The van der Waals surface area contributed by atoms with E-state index in [2.05, 4.69) is 17.1 Å². The highest BCUT2D eigenvalue weighted by Crippen LogP contribution is 2.15. The minimum atomic E-state index is -0.386. The van der Waals surface area contributed by atoms with Gasteiger partial charge in [0.1, 0.15) is 11.6 Å². The predicted molar refractivity (Wildman–Crippen MR) is 72.9 cm³/mol. The van der Waals surface area contributed by atoms with E-state index in [0.717, 1.165) is 38.2 Å². The molecule has 1 N–H and O–H groups in total. The second kappa shape index (κ2) is 6.96. The molecule has 4 heteroatoms. The number of nitrogens with zero attached hydrogens (tertiary/aromatic N) is 1. The maximum Gasteiger partial charge on any atom is 0.127 e. The first-order chi connectivity index (χ1) is 9.15. The number of benzene rings is 1. The highest BCUT2D eigenvalue weighted by atomic mass is 19.1. The van der Waals surface area contributed by atoms with Crippen molar-refractivity contribution in [3.8, 4) is 0 Å². The van der Waals surface area contributed by atoms with Gasteiger partial charge >= 0.3 is 0 Å². The molecular weight excluding hydrogens is 246 g/mol. The molecule has 0 amide bonds. The van der Waals surface area contributed by atoms with Crippen molar-refractivity contribution in [1.29, 1.82) is 0 Å². The Hall–Kier alpha value is -1.00. The lowest BCUT2D eigenvalue weighted by Gasteiger charge is -2.30. The Morgan fingerprint density at radius 2 is 2.00 bits per heavy atom. The van der Waals surface area contributed by atoms with Crippen LogP contribution < -0.4 is 5.32 Å². The van der Waals surface area contributed by atoms with Crippen LogP contribution in [0.15, 0.2) is 18.2 Å². The van der Waals surface area contributed by atoms with E-state index in [1.165, 1.54) is 25.0 Å². The lowest BCUT2D eigenvalue weighted by Crippen LogP contribution is -2.37. The van der Waals surface area contributed by atoms with E-state index >= 15 is 0 Å². The van der Waals surface area contributed by atoms with E-state index < -0.39 is 0 Å². The molecule has 1 saturated heterocycles. The van der Waals surface area contributed by atoms with Gasteiger partial charge < -0.3 is 10.2 Å². The normalized spacial score (nSPS) is 17.8. The van der Waals surface area contributed by atoms with Crippen molar-refractivity contribution in [2.45, 2.75) is 26.3 Å². The minimum Gasteiger partial charge on any atom is -0.311 e. The van der Waals surface area contributed by atoms with Crippen LogP contribution in [0.3, 0.4) is 0 Å². The van der Waals surface area contributed by atoms with Gasteiger partial charge in [0.2, 0.25) is 0 Å². The molecule has 0 spiro atoms. The monoisotopic (exact) mass is 268 g/mol. The standard InChI is InChI=1S/C15H22F2N2/c1-12-4-7-19(8-5-12)9-6-18-11-13-10-14(16)2-3-15(13)17/h2-3,10,12,18H,4-9,11H2,1H3. The summed E-state index contributed by atoms with van der Waals surface area (Å²) in [6.45, 7) is 6.76. The molecule has 0 bridgehead atoms. The Morgan fingerprint density at radius 3 is 2.74 bits per heavy atom. The van der Waals surface area contributed by atoms with E-state index in [9.17, 15) is 8.78 Å². The van der Waals surface area contributed by atoms with Crippen LogP contribution in [-0.2, 0) is 6.54 Å². The van der Waals surface area contributed by atoms with Crippen LogP contribution in [0.2, 0.25) is 0 Å². The fourth-order valence-electron chi connectivity index (χ4n) is 2.42. The molecule has 0 saturated carbocycles. The molecule has 1 fully saturated rings. The minimum absolute atomic E-state index is 0.347. The van der Waals surface area contributed by atoms with Crippen LogP contribution in [0.5, 0.6) is 0 Å². The van der Waals surface area contributed by atoms with Gasteiger partial charge in [0, 0.05) is 25.2 Å². The highest BCUT2D eigenvalue weighted by Gasteiger charge is 2.14. The Bertz CT molecular complexity index is 401. The molecule has 19 heavy (non-hydrogen) atoms. The van der Waals surface area contributed by atoms with E-state index in [4.69, 9.17) is 0 Å². The first-order valence-electron chi connectivity index (χ1n) is 7.02. The van der Waals surface area contributed by atoms with E-state index in [0.29, 0.717) is 12.1 Å². The van der Waals surface area contributed by atoms with Crippen molar-refractivity contribution >= 4 is 0 Å². The summed E-state index contributed by atoms with van der Waals surface area (Å²) >= 11 is 0. The fourth-order valence-corrected chi connectivity index (χ4v) is 2.42. The Balaban J connectivity index is 1.68. The van der Waals surface area contributed by atoms with Gasteiger partial charge in [0.15, 0.2) is 0 Å². The van der Waals surface area contributed by atoms with Gasteiger partial charge in [-0.3, -0.25) is 0 Å². The number of likely N-dealkylation sites (tertiary alicyclic amines) is 1. The lowest BCUT2D eigenvalue weighted by molar-refractivity contribution is 0.193. The maximum absolute atomic E-state index is 13.4. The van der Waals surface area contributed by atoms with Crippen LogP contribution in [-0.4, -0.2) is 31.1 Å².